The third-order valence-electron chi connectivity index (χ3n) is 1.65. The molecule has 0 N–H and O–H groups in total. The standard InChI is InChI=1S/C10H17ClO/c1-2-3-4-5-6-7-8-10(11)9-12/h6-7,9-10H,2-5,8H2,1H3/b7-6+. The van der Waals surface area contributed by atoms with Gasteiger partial charge in [-0.1, -0.05) is 31.9 Å². The molecule has 70 valence electrons. The number of hydrogen-bond acceptors (Lipinski definition) is 1. The molecular weight excluding hydrogens is 172 g/mol. The zero-order valence-electron chi connectivity index (χ0n) is 7.63. The molecule has 0 heterocycles. The SMILES string of the molecule is CCCCC/C=C/CC(Cl)C=O. The number of carbonyl (C=O) groups is 1. The Morgan fingerprint density at radius 2 is 2.08 bits per heavy atom. The topological polar surface area (TPSA) is 17.1 Å². The lowest BCUT2D eigenvalue weighted by atomic mass is 10.2. The van der Waals surface area contributed by atoms with Crippen LogP contribution in [0.2, 0.25) is 0 Å². The van der Waals surface area contributed by atoms with Crippen LogP contribution in [-0.2, 0) is 4.79 Å². The van der Waals surface area contributed by atoms with Crippen LogP contribution in [0.15, 0.2) is 12.2 Å². The Labute approximate surface area is 79.8 Å². The average molecular weight is 189 g/mol. The molecule has 0 aromatic rings. The van der Waals surface area contributed by atoms with Gasteiger partial charge in [-0.3, -0.25) is 0 Å². The summed E-state index contributed by atoms with van der Waals surface area (Å²) in [6.07, 6.45) is 10.4. The summed E-state index contributed by atoms with van der Waals surface area (Å²) in [7, 11) is 0. The van der Waals surface area contributed by atoms with Gasteiger partial charge in [0.2, 0.25) is 0 Å². The van der Waals surface area contributed by atoms with Crippen LogP contribution in [0.1, 0.15) is 39.0 Å². The van der Waals surface area contributed by atoms with Crippen LogP contribution in [0.25, 0.3) is 0 Å². The van der Waals surface area contributed by atoms with Gasteiger partial charge in [0, 0.05) is 0 Å². The van der Waals surface area contributed by atoms with Crippen LogP contribution in [0.3, 0.4) is 0 Å². The maximum Gasteiger partial charge on any atom is 0.138 e. The van der Waals surface area contributed by atoms with Gasteiger partial charge in [0.15, 0.2) is 0 Å². The summed E-state index contributed by atoms with van der Waals surface area (Å²) in [6.45, 7) is 2.19. The number of carbonyl (C=O) groups excluding carboxylic acids is 1. The highest BCUT2D eigenvalue weighted by molar-refractivity contribution is 6.27. The Kier molecular flexibility index (Phi) is 8.57. The first kappa shape index (κ1) is 11.7. The maximum absolute atomic E-state index is 10.1. The van der Waals surface area contributed by atoms with Gasteiger partial charge in [-0.15, -0.1) is 11.6 Å². The number of halogens is 1. The first-order valence-electron chi connectivity index (χ1n) is 4.55. The second-order valence-electron chi connectivity index (χ2n) is 2.85. The van der Waals surface area contributed by atoms with E-state index in [0.29, 0.717) is 6.42 Å². The molecule has 0 bridgehead atoms. The largest absolute Gasteiger partial charge is 0.302 e. The van der Waals surface area contributed by atoms with E-state index in [1.165, 1.54) is 19.3 Å². The monoisotopic (exact) mass is 188 g/mol. The van der Waals surface area contributed by atoms with Gasteiger partial charge in [0.1, 0.15) is 6.29 Å². The zero-order valence-corrected chi connectivity index (χ0v) is 8.39. The van der Waals surface area contributed by atoms with E-state index in [-0.39, 0.29) is 5.38 Å². The van der Waals surface area contributed by atoms with Crippen molar-refractivity contribution in [1.29, 1.82) is 0 Å². The normalized spacial score (nSPS) is 13.5. The number of alkyl halides is 1. The second kappa shape index (κ2) is 8.79. The minimum atomic E-state index is -0.340. The van der Waals surface area contributed by atoms with E-state index in [1.54, 1.807) is 0 Å². The summed E-state index contributed by atoms with van der Waals surface area (Å²) >= 11 is 5.59. The lowest BCUT2D eigenvalue weighted by Gasteiger charge is -1.94. The lowest BCUT2D eigenvalue weighted by Crippen LogP contribution is -1.95. The number of allylic oxidation sites excluding steroid dienone is 2. The van der Waals surface area contributed by atoms with Gasteiger partial charge >= 0.3 is 0 Å². The predicted molar refractivity (Wildman–Crippen MR) is 53.6 cm³/mol. The zero-order chi connectivity index (χ0) is 9.23. The van der Waals surface area contributed by atoms with Crippen molar-refractivity contribution in [2.24, 2.45) is 0 Å². The van der Waals surface area contributed by atoms with Crippen molar-refractivity contribution in [1.82, 2.24) is 0 Å². The fraction of sp³-hybridized carbons (Fsp3) is 0.700. The summed E-state index contributed by atoms with van der Waals surface area (Å²) in [5, 5.41) is -0.340. The Hall–Kier alpha value is -0.300. The van der Waals surface area contributed by atoms with E-state index in [4.69, 9.17) is 11.6 Å². The first-order valence-corrected chi connectivity index (χ1v) is 4.99. The third kappa shape index (κ3) is 7.80. The number of unbranched alkanes of at least 4 members (excludes halogenated alkanes) is 3. The Morgan fingerprint density at radius 1 is 1.33 bits per heavy atom. The molecule has 1 atom stereocenters. The van der Waals surface area contributed by atoms with Crippen LogP contribution in [0, 0.1) is 0 Å². The molecule has 1 unspecified atom stereocenters. The van der Waals surface area contributed by atoms with Crippen LogP contribution < -0.4 is 0 Å². The molecule has 0 radical (unpaired) electrons. The summed E-state index contributed by atoms with van der Waals surface area (Å²) in [5.74, 6) is 0. The molecule has 0 fully saturated rings. The fourth-order valence-electron chi connectivity index (χ4n) is 0.912. The van der Waals surface area contributed by atoms with Crippen molar-refractivity contribution < 1.29 is 4.79 Å². The van der Waals surface area contributed by atoms with E-state index in [9.17, 15) is 4.79 Å². The van der Waals surface area contributed by atoms with E-state index >= 15 is 0 Å². The summed E-state index contributed by atoms with van der Waals surface area (Å²) in [4.78, 5) is 10.1. The van der Waals surface area contributed by atoms with Crippen molar-refractivity contribution in [2.75, 3.05) is 0 Å². The van der Waals surface area contributed by atoms with Gasteiger partial charge in [-0.25, -0.2) is 0 Å². The van der Waals surface area contributed by atoms with E-state index < -0.39 is 0 Å². The first-order chi connectivity index (χ1) is 5.81. The van der Waals surface area contributed by atoms with Crippen molar-refractivity contribution in [3.05, 3.63) is 12.2 Å². The number of hydrogen-bond donors (Lipinski definition) is 0. The Balaban J connectivity index is 3.19. The molecule has 2 heteroatoms. The van der Waals surface area contributed by atoms with Crippen LogP contribution >= 0.6 is 11.6 Å². The average Bonchev–Trinajstić information content (AvgIpc) is 2.10. The van der Waals surface area contributed by atoms with Crippen molar-refractivity contribution in [3.63, 3.8) is 0 Å². The van der Waals surface area contributed by atoms with Crippen molar-refractivity contribution >= 4 is 17.9 Å². The van der Waals surface area contributed by atoms with E-state index in [0.717, 1.165) is 12.7 Å². The van der Waals surface area contributed by atoms with Crippen molar-refractivity contribution in [3.8, 4) is 0 Å². The minimum Gasteiger partial charge on any atom is -0.302 e. The van der Waals surface area contributed by atoms with Gasteiger partial charge in [0.25, 0.3) is 0 Å². The van der Waals surface area contributed by atoms with Gasteiger partial charge in [0.05, 0.1) is 5.38 Å². The highest BCUT2D eigenvalue weighted by Gasteiger charge is 1.95. The van der Waals surface area contributed by atoms with Crippen LogP contribution in [0.5, 0.6) is 0 Å². The summed E-state index contributed by atoms with van der Waals surface area (Å²) in [5.41, 5.74) is 0. The highest BCUT2D eigenvalue weighted by atomic mass is 35.5. The molecule has 0 rings (SSSR count). The molecule has 12 heavy (non-hydrogen) atoms. The molecule has 0 aliphatic carbocycles. The summed E-state index contributed by atoms with van der Waals surface area (Å²) in [6, 6.07) is 0. The summed E-state index contributed by atoms with van der Waals surface area (Å²) < 4.78 is 0. The van der Waals surface area contributed by atoms with Crippen LogP contribution in [-0.4, -0.2) is 11.7 Å². The molecule has 0 saturated carbocycles. The molecular formula is C10H17ClO. The van der Waals surface area contributed by atoms with Crippen LogP contribution in [0.4, 0.5) is 0 Å². The molecule has 0 saturated heterocycles. The van der Waals surface area contributed by atoms with Crippen molar-refractivity contribution in [2.45, 2.75) is 44.4 Å². The number of aldehydes is 1. The maximum atomic E-state index is 10.1. The van der Waals surface area contributed by atoms with E-state index in [1.807, 2.05) is 6.08 Å². The Bertz CT molecular complexity index is 132. The Morgan fingerprint density at radius 3 is 2.67 bits per heavy atom. The molecule has 0 aliphatic heterocycles. The molecule has 0 aromatic heterocycles. The molecule has 1 nitrogen and oxygen atoms in total. The van der Waals surface area contributed by atoms with E-state index in [2.05, 4.69) is 13.0 Å². The predicted octanol–water partition coefficient (Wildman–Crippen LogP) is 3.32. The fourth-order valence-corrected chi connectivity index (χ4v) is 1.01. The minimum absolute atomic E-state index is 0.340. The molecule has 0 aliphatic rings. The quantitative estimate of drug-likeness (QED) is 0.259. The second-order valence-corrected chi connectivity index (χ2v) is 3.42. The molecule has 0 spiro atoms. The van der Waals surface area contributed by atoms with Gasteiger partial charge < -0.3 is 4.79 Å². The lowest BCUT2D eigenvalue weighted by molar-refractivity contribution is -0.107. The van der Waals surface area contributed by atoms with Gasteiger partial charge in [-0.05, 0) is 19.3 Å². The molecule has 0 amide bonds. The highest BCUT2D eigenvalue weighted by Crippen LogP contribution is 2.03. The molecule has 0 aromatic carbocycles. The third-order valence-corrected chi connectivity index (χ3v) is 1.93. The van der Waals surface area contributed by atoms with Gasteiger partial charge in [-0.2, -0.15) is 0 Å². The smallest absolute Gasteiger partial charge is 0.138 e. The number of rotatable bonds is 7.